The van der Waals surface area contributed by atoms with E-state index >= 15 is 0 Å². The molecule has 0 spiro atoms. The number of hydrogen-bond donors (Lipinski definition) is 2. The van der Waals surface area contributed by atoms with Crippen molar-refractivity contribution in [2.45, 2.75) is 26.3 Å². The molecule has 0 bridgehead atoms. The van der Waals surface area contributed by atoms with Crippen LogP contribution in [0.4, 0.5) is 0 Å². The number of hydrogen-bond acceptors (Lipinski definition) is 3. The summed E-state index contributed by atoms with van der Waals surface area (Å²) in [4.78, 5) is 24.2. The van der Waals surface area contributed by atoms with Crippen molar-refractivity contribution < 1.29 is 9.59 Å². The Bertz CT molecular complexity index is 775. The van der Waals surface area contributed by atoms with Crippen molar-refractivity contribution in [3.8, 4) is 0 Å². The van der Waals surface area contributed by atoms with Crippen LogP contribution < -0.4 is 10.7 Å². The normalized spacial score (nSPS) is 12.4. The highest BCUT2D eigenvalue weighted by molar-refractivity contribution is 9.10. The molecule has 5 nitrogen and oxygen atoms in total. The molecule has 1 unspecified atom stereocenters. The number of nitrogens with one attached hydrogen (secondary N) is 2. The zero-order valence-corrected chi connectivity index (χ0v) is 15.7. The minimum Gasteiger partial charge on any atom is -0.349 e. The lowest BCUT2D eigenvalue weighted by Crippen LogP contribution is -2.29. The van der Waals surface area contributed by atoms with Crippen LogP contribution in [-0.4, -0.2) is 17.5 Å². The van der Waals surface area contributed by atoms with Gasteiger partial charge in [-0.15, -0.1) is 0 Å². The van der Waals surface area contributed by atoms with Gasteiger partial charge in [-0.25, -0.2) is 5.43 Å². The van der Waals surface area contributed by atoms with Gasteiger partial charge in [-0.05, 0) is 47.5 Å². The van der Waals surface area contributed by atoms with Crippen molar-refractivity contribution in [2.75, 3.05) is 0 Å². The van der Waals surface area contributed by atoms with E-state index in [2.05, 4.69) is 31.8 Å². The maximum Gasteiger partial charge on any atom is 0.272 e. The summed E-state index contributed by atoms with van der Waals surface area (Å²) in [5, 5.41) is 6.91. The number of carbonyl (C=O) groups excluding carboxylic acids is 2. The highest BCUT2D eigenvalue weighted by Gasteiger charge is 2.11. The number of amides is 2. The van der Waals surface area contributed by atoms with E-state index in [1.165, 1.54) is 0 Å². The molecule has 2 aromatic rings. The van der Waals surface area contributed by atoms with Crippen LogP contribution in [0.2, 0.25) is 0 Å². The Morgan fingerprint density at radius 3 is 2.40 bits per heavy atom. The summed E-state index contributed by atoms with van der Waals surface area (Å²) in [6.45, 7) is 3.63. The van der Waals surface area contributed by atoms with Crippen LogP contribution in [0.5, 0.6) is 0 Å². The van der Waals surface area contributed by atoms with E-state index in [1.54, 1.807) is 25.1 Å². The summed E-state index contributed by atoms with van der Waals surface area (Å²) in [5.41, 5.74) is 4.52. The van der Waals surface area contributed by atoms with E-state index in [-0.39, 0.29) is 24.3 Å². The monoisotopic (exact) mass is 401 g/mol. The Morgan fingerprint density at radius 1 is 1.08 bits per heavy atom. The van der Waals surface area contributed by atoms with E-state index in [0.29, 0.717) is 15.7 Å². The molecule has 0 aliphatic carbocycles. The van der Waals surface area contributed by atoms with E-state index in [0.717, 1.165) is 5.56 Å². The van der Waals surface area contributed by atoms with Crippen LogP contribution in [0, 0.1) is 0 Å². The fraction of sp³-hybridized carbons (Fsp3) is 0.211. The number of benzene rings is 2. The van der Waals surface area contributed by atoms with Crippen LogP contribution in [0.1, 0.15) is 42.2 Å². The summed E-state index contributed by atoms with van der Waals surface area (Å²) in [5.74, 6) is -0.474. The lowest BCUT2D eigenvalue weighted by Gasteiger charge is -2.14. The van der Waals surface area contributed by atoms with E-state index in [9.17, 15) is 9.59 Å². The highest BCUT2D eigenvalue weighted by atomic mass is 79.9. The van der Waals surface area contributed by atoms with E-state index in [1.807, 2.05) is 43.3 Å². The molecule has 0 saturated carbocycles. The number of hydrazone groups is 1. The molecular weight excluding hydrogens is 382 g/mol. The molecule has 2 N–H and O–H groups in total. The predicted molar refractivity (Wildman–Crippen MR) is 102 cm³/mol. The van der Waals surface area contributed by atoms with Crippen molar-refractivity contribution in [1.82, 2.24) is 10.7 Å². The molecule has 6 heteroatoms. The van der Waals surface area contributed by atoms with Crippen molar-refractivity contribution in [3.63, 3.8) is 0 Å². The van der Waals surface area contributed by atoms with Gasteiger partial charge in [0.25, 0.3) is 5.91 Å². The molecule has 0 aliphatic rings. The quantitative estimate of drug-likeness (QED) is 0.570. The molecule has 130 valence electrons. The fourth-order valence-electron chi connectivity index (χ4n) is 2.24. The third-order valence-corrected chi connectivity index (χ3v) is 4.25. The number of halogens is 1. The summed E-state index contributed by atoms with van der Waals surface area (Å²) in [6.07, 6.45) is 0.118. The van der Waals surface area contributed by atoms with Gasteiger partial charge in [0, 0.05) is 10.2 Å². The molecule has 2 amide bonds. The maximum atomic E-state index is 12.1. The molecule has 0 aromatic heterocycles. The average molecular weight is 402 g/mol. The van der Waals surface area contributed by atoms with E-state index in [4.69, 9.17) is 0 Å². The minimum atomic E-state index is -0.329. The van der Waals surface area contributed by atoms with Gasteiger partial charge >= 0.3 is 0 Å². The van der Waals surface area contributed by atoms with Crippen molar-refractivity contribution in [3.05, 3.63) is 70.2 Å². The Morgan fingerprint density at radius 2 is 1.72 bits per heavy atom. The molecule has 2 rings (SSSR count). The van der Waals surface area contributed by atoms with Gasteiger partial charge in [-0.2, -0.15) is 5.10 Å². The first-order valence-electron chi connectivity index (χ1n) is 7.89. The lowest BCUT2D eigenvalue weighted by atomic mass is 10.1. The fourth-order valence-corrected chi connectivity index (χ4v) is 2.71. The first kappa shape index (κ1) is 18.9. The van der Waals surface area contributed by atoms with Gasteiger partial charge in [0.2, 0.25) is 5.91 Å². The lowest BCUT2D eigenvalue weighted by molar-refractivity contribution is -0.120. The van der Waals surface area contributed by atoms with Crippen molar-refractivity contribution in [2.24, 2.45) is 5.10 Å². The van der Waals surface area contributed by atoms with Crippen LogP contribution in [0.15, 0.2) is 64.2 Å². The number of carbonyl (C=O) groups is 2. The molecule has 0 heterocycles. The summed E-state index contributed by atoms with van der Waals surface area (Å²) >= 11 is 3.32. The Labute approximate surface area is 155 Å². The van der Waals surface area contributed by atoms with Gasteiger partial charge < -0.3 is 5.32 Å². The zero-order chi connectivity index (χ0) is 18.2. The van der Waals surface area contributed by atoms with Crippen LogP contribution >= 0.6 is 15.9 Å². The Kier molecular flexibility index (Phi) is 6.89. The van der Waals surface area contributed by atoms with Gasteiger partial charge in [0.15, 0.2) is 0 Å². The second-order valence-electron chi connectivity index (χ2n) is 5.64. The number of rotatable bonds is 6. The Balaban J connectivity index is 1.87. The first-order valence-corrected chi connectivity index (χ1v) is 8.69. The molecule has 0 aliphatic heterocycles. The molecule has 0 radical (unpaired) electrons. The summed E-state index contributed by atoms with van der Waals surface area (Å²) < 4.78 is 0.690. The molecule has 0 saturated heterocycles. The molecule has 0 fully saturated rings. The summed E-state index contributed by atoms with van der Waals surface area (Å²) in [7, 11) is 0. The third-order valence-electron chi connectivity index (χ3n) is 3.56. The average Bonchev–Trinajstić information content (AvgIpc) is 2.60. The molecule has 1 atom stereocenters. The van der Waals surface area contributed by atoms with Gasteiger partial charge in [-0.1, -0.05) is 42.5 Å². The smallest absolute Gasteiger partial charge is 0.272 e. The zero-order valence-electron chi connectivity index (χ0n) is 14.1. The highest BCUT2D eigenvalue weighted by Crippen LogP contribution is 2.15. The van der Waals surface area contributed by atoms with E-state index < -0.39 is 0 Å². The SMILES string of the molecule is C/C(CC(=O)NC(C)c1ccccc1)=N\NC(=O)c1ccccc1Br. The predicted octanol–water partition coefficient (Wildman–Crippen LogP) is 3.82. The second-order valence-corrected chi connectivity index (χ2v) is 6.50. The van der Waals surface area contributed by atoms with Crippen molar-refractivity contribution >= 4 is 33.5 Å². The Hall–Kier alpha value is -2.47. The van der Waals surface area contributed by atoms with Crippen LogP contribution in [0.25, 0.3) is 0 Å². The third kappa shape index (κ3) is 5.83. The summed E-state index contributed by atoms with van der Waals surface area (Å²) in [6, 6.07) is 16.7. The van der Waals surface area contributed by atoms with Crippen molar-refractivity contribution in [1.29, 1.82) is 0 Å². The largest absolute Gasteiger partial charge is 0.349 e. The minimum absolute atomic E-state index is 0.0867. The number of nitrogens with zero attached hydrogens (tertiary/aromatic N) is 1. The first-order chi connectivity index (χ1) is 12.0. The molecule has 25 heavy (non-hydrogen) atoms. The van der Waals surface area contributed by atoms with Gasteiger partial charge in [-0.3, -0.25) is 9.59 Å². The topological polar surface area (TPSA) is 70.6 Å². The van der Waals surface area contributed by atoms with Gasteiger partial charge in [0.05, 0.1) is 18.0 Å². The molecular formula is C19H20BrN3O2. The molecule has 2 aromatic carbocycles. The van der Waals surface area contributed by atoms with Gasteiger partial charge in [0.1, 0.15) is 0 Å². The standard InChI is InChI=1S/C19H20BrN3O2/c1-13(22-23-19(25)16-10-6-7-11-17(16)20)12-18(24)21-14(2)15-8-4-3-5-9-15/h3-11,14H,12H2,1-2H3,(H,21,24)(H,23,25)/b22-13+. The van der Waals surface area contributed by atoms with Crippen LogP contribution in [0.3, 0.4) is 0 Å². The second kappa shape index (κ2) is 9.13. The maximum absolute atomic E-state index is 12.1. The van der Waals surface area contributed by atoms with Crippen LogP contribution in [-0.2, 0) is 4.79 Å².